The van der Waals surface area contributed by atoms with Gasteiger partial charge in [-0.2, -0.15) is 0 Å². The number of pyridine rings is 1. The number of aromatic nitrogens is 1. The molecule has 1 aromatic carbocycles. The molecule has 0 saturated heterocycles. The Morgan fingerprint density at radius 1 is 1.28 bits per heavy atom. The van der Waals surface area contributed by atoms with Crippen LogP contribution in [0.15, 0.2) is 47.9 Å². The van der Waals surface area contributed by atoms with E-state index in [0.29, 0.717) is 30.1 Å². The molecule has 0 amide bonds. The molecule has 1 unspecified atom stereocenters. The average molecular weight is 398 g/mol. The van der Waals surface area contributed by atoms with E-state index in [1.807, 2.05) is 19.1 Å². The van der Waals surface area contributed by atoms with Gasteiger partial charge < -0.3 is 19.0 Å². The second-order valence-electron chi connectivity index (χ2n) is 7.14. The second kappa shape index (κ2) is 9.41. The number of benzene rings is 1. The van der Waals surface area contributed by atoms with Crippen LogP contribution in [0.25, 0.3) is 0 Å². The number of carbonyl (C=O) groups excluding carboxylic acids is 1. The zero-order valence-electron chi connectivity index (χ0n) is 17.0. The number of carbonyl (C=O) groups is 1. The summed E-state index contributed by atoms with van der Waals surface area (Å²) in [5.41, 5.74) is 1.41. The number of rotatable bonds is 9. The van der Waals surface area contributed by atoms with Crippen molar-refractivity contribution in [1.82, 2.24) is 4.98 Å². The Morgan fingerprint density at radius 2 is 2.14 bits per heavy atom. The molecule has 0 radical (unpaired) electrons. The number of oxime groups is 1. The van der Waals surface area contributed by atoms with Crippen LogP contribution in [0.4, 0.5) is 0 Å². The second-order valence-corrected chi connectivity index (χ2v) is 7.14. The largest absolute Gasteiger partial charge is 0.493 e. The lowest BCUT2D eigenvalue weighted by molar-refractivity contribution is -0.0359. The predicted molar refractivity (Wildman–Crippen MR) is 109 cm³/mol. The molecule has 3 rings (SSSR count). The highest BCUT2D eigenvalue weighted by atomic mass is 16.7. The summed E-state index contributed by atoms with van der Waals surface area (Å²) in [6, 6.07) is 8.90. The molecule has 1 atom stereocenters. The molecule has 0 N–H and O–H groups in total. The van der Waals surface area contributed by atoms with E-state index in [1.165, 1.54) is 7.11 Å². The molecule has 1 aliphatic heterocycles. The normalized spacial score (nSPS) is 18.0. The summed E-state index contributed by atoms with van der Waals surface area (Å²) in [5, 5.41) is 4.19. The van der Waals surface area contributed by atoms with Crippen molar-refractivity contribution in [3.05, 3.63) is 53.9 Å². The van der Waals surface area contributed by atoms with Gasteiger partial charge in [0.15, 0.2) is 5.60 Å². The van der Waals surface area contributed by atoms with E-state index in [0.717, 1.165) is 24.1 Å². The summed E-state index contributed by atoms with van der Waals surface area (Å²) in [6.07, 6.45) is 6.03. The number of hydrogen-bond acceptors (Lipinski definition) is 7. The van der Waals surface area contributed by atoms with E-state index in [4.69, 9.17) is 19.0 Å². The molecular weight excluding hydrogens is 372 g/mol. The molecule has 1 aromatic heterocycles. The third kappa shape index (κ3) is 5.25. The highest BCUT2D eigenvalue weighted by molar-refractivity contribution is 6.01. The molecule has 154 valence electrons. The Bertz CT molecular complexity index is 869. The number of nitrogens with zero attached hydrogens (tertiary/aromatic N) is 2. The first-order valence-electron chi connectivity index (χ1n) is 9.68. The molecule has 0 saturated carbocycles. The van der Waals surface area contributed by atoms with Gasteiger partial charge in [-0.05, 0) is 37.6 Å². The van der Waals surface area contributed by atoms with Gasteiger partial charge >= 0.3 is 5.97 Å². The predicted octanol–water partition coefficient (Wildman–Crippen LogP) is 4.01. The molecule has 1 aliphatic rings. The lowest BCUT2D eigenvalue weighted by atomic mass is 9.97. The monoisotopic (exact) mass is 398 g/mol. The van der Waals surface area contributed by atoms with Crippen LogP contribution in [0.3, 0.4) is 0 Å². The lowest BCUT2D eigenvalue weighted by Crippen LogP contribution is -2.33. The lowest BCUT2D eigenvalue weighted by Gasteiger charge is -2.22. The van der Waals surface area contributed by atoms with Crippen LogP contribution in [0.5, 0.6) is 11.5 Å². The third-order valence-corrected chi connectivity index (χ3v) is 4.57. The minimum atomic E-state index is -0.655. The number of hydrogen-bond donors (Lipinski definition) is 0. The molecule has 2 heterocycles. The van der Waals surface area contributed by atoms with E-state index in [2.05, 4.69) is 17.1 Å². The molecular formula is C22H26N2O5. The SMILES string of the molecule is CCCCOc1ccc(C(=O)OC)c(OCC2(C)CC(c3cccnc3)=NO2)c1. The fourth-order valence-corrected chi connectivity index (χ4v) is 2.90. The van der Waals surface area contributed by atoms with E-state index < -0.39 is 11.6 Å². The Labute approximate surface area is 170 Å². The van der Waals surface area contributed by atoms with Gasteiger partial charge in [-0.25, -0.2) is 4.79 Å². The van der Waals surface area contributed by atoms with Crippen molar-refractivity contribution in [1.29, 1.82) is 0 Å². The van der Waals surface area contributed by atoms with Gasteiger partial charge in [-0.3, -0.25) is 4.98 Å². The minimum absolute atomic E-state index is 0.211. The van der Waals surface area contributed by atoms with E-state index in [-0.39, 0.29) is 6.61 Å². The Kier molecular flexibility index (Phi) is 6.69. The molecule has 7 nitrogen and oxygen atoms in total. The van der Waals surface area contributed by atoms with E-state index >= 15 is 0 Å². The number of ether oxygens (including phenoxy) is 3. The van der Waals surface area contributed by atoms with Crippen molar-refractivity contribution in [3.8, 4) is 11.5 Å². The quantitative estimate of drug-likeness (QED) is 0.469. The van der Waals surface area contributed by atoms with Crippen molar-refractivity contribution in [2.24, 2.45) is 5.16 Å². The van der Waals surface area contributed by atoms with Crippen LogP contribution < -0.4 is 9.47 Å². The summed E-state index contributed by atoms with van der Waals surface area (Å²) in [6.45, 7) is 4.83. The van der Waals surface area contributed by atoms with Gasteiger partial charge in [0.05, 0.1) is 19.4 Å². The smallest absolute Gasteiger partial charge is 0.341 e. The summed E-state index contributed by atoms with van der Waals surface area (Å²) in [5.74, 6) is 0.571. The zero-order valence-corrected chi connectivity index (χ0v) is 17.0. The maximum atomic E-state index is 12.1. The molecule has 29 heavy (non-hydrogen) atoms. The third-order valence-electron chi connectivity index (χ3n) is 4.57. The number of unbranched alkanes of at least 4 members (excludes halogenated alkanes) is 1. The summed E-state index contributed by atoms with van der Waals surface area (Å²) < 4.78 is 16.6. The van der Waals surface area contributed by atoms with Crippen molar-refractivity contribution in [3.63, 3.8) is 0 Å². The van der Waals surface area contributed by atoms with Crippen molar-refractivity contribution in [2.45, 2.75) is 38.7 Å². The first-order valence-corrected chi connectivity index (χ1v) is 9.68. The first-order chi connectivity index (χ1) is 14.0. The van der Waals surface area contributed by atoms with Gasteiger partial charge in [-0.1, -0.05) is 18.5 Å². The molecule has 2 aromatic rings. The summed E-state index contributed by atoms with van der Waals surface area (Å²) in [4.78, 5) is 21.9. The van der Waals surface area contributed by atoms with E-state index in [9.17, 15) is 4.79 Å². The van der Waals surface area contributed by atoms with Gasteiger partial charge in [0.2, 0.25) is 0 Å². The van der Waals surface area contributed by atoms with Gasteiger partial charge in [-0.15, -0.1) is 0 Å². The Hall–Kier alpha value is -3.09. The maximum Gasteiger partial charge on any atom is 0.341 e. The fourth-order valence-electron chi connectivity index (χ4n) is 2.90. The highest BCUT2D eigenvalue weighted by Crippen LogP contribution is 2.30. The molecule has 7 heteroatoms. The van der Waals surface area contributed by atoms with Crippen LogP contribution >= 0.6 is 0 Å². The zero-order chi connectivity index (χ0) is 20.7. The fraction of sp³-hybridized carbons (Fsp3) is 0.409. The van der Waals surface area contributed by atoms with Gasteiger partial charge in [0.25, 0.3) is 0 Å². The highest BCUT2D eigenvalue weighted by Gasteiger charge is 2.36. The first kappa shape index (κ1) is 20.6. The van der Waals surface area contributed by atoms with Crippen LogP contribution in [0, 0.1) is 0 Å². The average Bonchev–Trinajstić information content (AvgIpc) is 3.15. The van der Waals surface area contributed by atoms with Crippen LogP contribution in [-0.2, 0) is 9.57 Å². The Morgan fingerprint density at radius 3 is 2.86 bits per heavy atom. The summed E-state index contributed by atoms with van der Waals surface area (Å²) in [7, 11) is 1.34. The summed E-state index contributed by atoms with van der Waals surface area (Å²) >= 11 is 0. The standard InChI is InChI=1S/C22H26N2O5/c1-4-5-11-27-17-8-9-18(21(25)26-3)20(12-17)28-15-22(2)13-19(24-29-22)16-7-6-10-23-14-16/h6-10,12,14H,4-5,11,13,15H2,1-3H3. The van der Waals surface area contributed by atoms with Crippen LogP contribution in [0.1, 0.15) is 49.0 Å². The topological polar surface area (TPSA) is 79.2 Å². The molecule has 0 fully saturated rings. The molecule has 0 bridgehead atoms. The number of methoxy groups -OCH3 is 1. The minimum Gasteiger partial charge on any atom is -0.493 e. The van der Waals surface area contributed by atoms with Crippen molar-refractivity contribution < 1.29 is 23.8 Å². The molecule has 0 aliphatic carbocycles. The van der Waals surface area contributed by atoms with Crippen molar-refractivity contribution in [2.75, 3.05) is 20.3 Å². The van der Waals surface area contributed by atoms with Gasteiger partial charge in [0.1, 0.15) is 23.7 Å². The maximum absolute atomic E-state index is 12.1. The Balaban J connectivity index is 1.70. The van der Waals surface area contributed by atoms with Crippen molar-refractivity contribution >= 4 is 11.7 Å². The van der Waals surface area contributed by atoms with Gasteiger partial charge in [0, 0.05) is 30.4 Å². The van der Waals surface area contributed by atoms with E-state index in [1.54, 1.807) is 30.6 Å². The number of esters is 1. The van der Waals surface area contributed by atoms with Crippen LogP contribution in [-0.4, -0.2) is 42.6 Å². The molecule has 0 spiro atoms. The van der Waals surface area contributed by atoms with Crippen LogP contribution in [0.2, 0.25) is 0 Å².